The number of amides is 1. The zero-order valence-electron chi connectivity index (χ0n) is 14.3. The maximum Gasteiger partial charge on any atom is 0.273 e. The van der Waals surface area contributed by atoms with Gasteiger partial charge in [0, 0.05) is 12.1 Å². The summed E-state index contributed by atoms with van der Waals surface area (Å²) in [4.78, 5) is 22.4. The van der Waals surface area contributed by atoms with Crippen molar-refractivity contribution in [2.45, 2.75) is 6.54 Å². The zero-order chi connectivity index (χ0) is 20.1. The third kappa shape index (κ3) is 4.79. The Balaban J connectivity index is 1.62. The number of carbonyl (C=O) groups is 1. The molecule has 1 N–H and O–H groups in total. The molecule has 0 saturated carbocycles. The molecular formula is C18H14Cl2N4O4. The van der Waals surface area contributed by atoms with Crippen LogP contribution in [-0.4, -0.2) is 27.2 Å². The Hall–Kier alpha value is -3.10. The Morgan fingerprint density at radius 2 is 2.00 bits per heavy atom. The van der Waals surface area contributed by atoms with Crippen LogP contribution in [0, 0.1) is 10.1 Å². The summed E-state index contributed by atoms with van der Waals surface area (Å²) in [5.74, 6) is 0.234. The number of nitrogens with zero attached hydrogens (tertiary/aromatic N) is 3. The SMILES string of the molecule is O=C(COc1cccc([N+](=O)[O-])c1)Nc1ccnn1Cc1cccc(Cl)c1Cl. The molecule has 10 heteroatoms. The highest BCUT2D eigenvalue weighted by molar-refractivity contribution is 6.42. The molecule has 0 bridgehead atoms. The molecule has 0 atom stereocenters. The number of rotatable bonds is 7. The largest absolute Gasteiger partial charge is 0.484 e. The molecule has 0 aliphatic heterocycles. The van der Waals surface area contributed by atoms with Crippen LogP contribution in [0.1, 0.15) is 5.56 Å². The molecule has 3 rings (SSSR count). The van der Waals surface area contributed by atoms with Gasteiger partial charge >= 0.3 is 0 Å². The number of aromatic nitrogens is 2. The third-order valence-corrected chi connectivity index (χ3v) is 4.59. The van der Waals surface area contributed by atoms with Gasteiger partial charge in [0.25, 0.3) is 11.6 Å². The van der Waals surface area contributed by atoms with E-state index in [1.807, 2.05) is 6.07 Å². The predicted molar refractivity (Wildman–Crippen MR) is 105 cm³/mol. The number of ether oxygens (including phenoxy) is 1. The summed E-state index contributed by atoms with van der Waals surface area (Å²) in [6, 6.07) is 12.5. The van der Waals surface area contributed by atoms with Gasteiger partial charge in [-0.3, -0.25) is 14.9 Å². The van der Waals surface area contributed by atoms with Crippen molar-refractivity contribution in [3.8, 4) is 5.75 Å². The molecule has 0 fully saturated rings. The highest BCUT2D eigenvalue weighted by Crippen LogP contribution is 2.26. The fourth-order valence-electron chi connectivity index (χ4n) is 2.41. The van der Waals surface area contributed by atoms with E-state index in [4.69, 9.17) is 27.9 Å². The summed E-state index contributed by atoms with van der Waals surface area (Å²) in [7, 11) is 0. The maximum absolute atomic E-state index is 12.2. The highest BCUT2D eigenvalue weighted by Gasteiger charge is 2.12. The lowest BCUT2D eigenvalue weighted by Crippen LogP contribution is -2.22. The molecule has 8 nitrogen and oxygen atoms in total. The van der Waals surface area contributed by atoms with Crippen molar-refractivity contribution >= 4 is 40.6 Å². The maximum atomic E-state index is 12.2. The highest BCUT2D eigenvalue weighted by atomic mass is 35.5. The molecule has 0 spiro atoms. The van der Waals surface area contributed by atoms with Crippen molar-refractivity contribution in [2.75, 3.05) is 11.9 Å². The van der Waals surface area contributed by atoms with Crippen LogP contribution in [0.4, 0.5) is 11.5 Å². The van der Waals surface area contributed by atoms with Gasteiger partial charge in [-0.25, -0.2) is 4.68 Å². The molecule has 1 amide bonds. The Kier molecular flexibility index (Phi) is 6.13. The Morgan fingerprint density at radius 3 is 2.79 bits per heavy atom. The van der Waals surface area contributed by atoms with E-state index < -0.39 is 10.8 Å². The van der Waals surface area contributed by atoms with Crippen molar-refractivity contribution in [1.82, 2.24) is 9.78 Å². The number of non-ortho nitro benzene ring substituents is 1. The van der Waals surface area contributed by atoms with E-state index in [0.29, 0.717) is 22.4 Å². The summed E-state index contributed by atoms with van der Waals surface area (Å²) in [6.45, 7) is -0.00197. The minimum atomic E-state index is -0.535. The number of nitro benzene ring substituents is 1. The quantitative estimate of drug-likeness (QED) is 0.456. The van der Waals surface area contributed by atoms with Crippen LogP contribution in [0.15, 0.2) is 54.7 Å². The van der Waals surface area contributed by atoms with Crippen LogP contribution in [-0.2, 0) is 11.3 Å². The van der Waals surface area contributed by atoms with E-state index in [0.717, 1.165) is 5.56 Å². The molecule has 0 aliphatic carbocycles. The molecule has 0 radical (unpaired) electrons. The normalized spacial score (nSPS) is 10.5. The molecule has 2 aromatic carbocycles. The van der Waals surface area contributed by atoms with Crippen LogP contribution in [0.2, 0.25) is 10.0 Å². The van der Waals surface area contributed by atoms with Crippen LogP contribution in [0.25, 0.3) is 0 Å². The van der Waals surface area contributed by atoms with Gasteiger partial charge in [-0.2, -0.15) is 5.10 Å². The lowest BCUT2D eigenvalue weighted by molar-refractivity contribution is -0.384. The molecule has 28 heavy (non-hydrogen) atoms. The van der Waals surface area contributed by atoms with E-state index >= 15 is 0 Å². The minimum absolute atomic E-state index is 0.116. The second-order valence-electron chi connectivity index (χ2n) is 5.68. The van der Waals surface area contributed by atoms with Crippen molar-refractivity contribution in [1.29, 1.82) is 0 Å². The average Bonchev–Trinajstić information content (AvgIpc) is 3.10. The third-order valence-electron chi connectivity index (χ3n) is 3.73. The van der Waals surface area contributed by atoms with Crippen LogP contribution in [0.3, 0.4) is 0 Å². The van der Waals surface area contributed by atoms with Crippen molar-refractivity contribution in [3.05, 3.63) is 80.5 Å². The molecule has 144 valence electrons. The van der Waals surface area contributed by atoms with E-state index in [1.165, 1.54) is 30.5 Å². The van der Waals surface area contributed by atoms with Crippen LogP contribution >= 0.6 is 23.2 Å². The molecule has 3 aromatic rings. The summed E-state index contributed by atoms with van der Waals surface area (Å²) >= 11 is 12.2. The predicted octanol–water partition coefficient (Wildman–Crippen LogP) is 4.16. The first-order chi connectivity index (χ1) is 13.4. The number of carbonyl (C=O) groups excluding carboxylic acids is 1. The summed E-state index contributed by atoms with van der Waals surface area (Å²) in [5, 5.41) is 18.5. The Morgan fingerprint density at radius 1 is 1.21 bits per heavy atom. The summed E-state index contributed by atoms with van der Waals surface area (Å²) in [5.41, 5.74) is 0.635. The standard InChI is InChI=1S/C18H14Cl2N4O4/c19-15-6-1-3-12(18(15)20)10-23-16(7-8-21-23)22-17(25)11-28-14-5-2-4-13(9-14)24(26)27/h1-9H,10-11H2,(H,22,25). The average molecular weight is 421 g/mol. The first-order valence-corrected chi connectivity index (χ1v) is 8.81. The second-order valence-corrected chi connectivity index (χ2v) is 6.46. The Labute approximate surface area is 169 Å². The summed E-state index contributed by atoms with van der Waals surface area (Å²) < 4.78 is 6.87. The zero-order valence-corrected chi connectivity index (χ0v) is 15.9. The number of benzene rings is 2. The van der Waals surface area contributed by atoms with Gasteiger partial charge in [0.1, 0.15) is 11.6 Å². The van der Waals surface area contributed by atoms with Crippen molar-refractivity contribution in [3.63, 3.8) is 0 Å². The van der Waals surface area contributed by atoms with Gasteiger partial charge in [0.15, 0.2) is 6.61 Å². The molecule has 1 aromatic heterocycles. The van der Waals surface area contributed by atoms with E-state index in [9.17, 15) is 14.9 Å². The topological polar surface area (TPSA) is 99.3 Å². The van der Waals surface area contributed by atoms with Crippen molar-refractivity contribution < 1.29 is 14.5 Å². The number of anilines is 1. The van der Waals surface area contributed by atoms with E-state index in [1.54, 1.807) is 22.9 Å². The van der Waals surface area contributed by atoms with E-state index in [-0.39, 0.29) is 18.0 Å². The first-order valence-electron chi connectivity index (χ1n) is 8.06. The first kappa shape index (κ1) is 19.7. The van der Waals surface area contributed by atoms with Gasteiger partial charge in [0.05, 0.1) is 33.8 Å². The number of hydrogen-bond acceptors (Lipinski definition) is 5. The van der Waals surface area contributed by atoms with Gasteiger partial charge < -0.3 is 10.1 Å². The van der Waals surface area contributed by atoms with Crippen molar-refractivity contribution in [2.24, 2.45) is 0 Å². The van der Waals surface area contributed by atoms with Crippen LogP contribution < -0.4 is 10.1 Å². The lowest BCUT2D eigenvalue weighted by Gasteiger charge is -2.11. The molecule has 0 aliphatic rings. The monoisotopic (exact) mass is 420 g/mol. The van der Waals surface area contributed by atoms with E-state index in [2.05, 4.69) is 10.4 Å². The van der Waals surface area contributed by atoms with Crippen LogP contribution in [0.5, 0.6) is 5.75 Å². The fourth-order valence-corrected chi connectivity index (χ4v) is 2.79. The smallest absolute Gasteiger partial charge is 0.273 e. The molecule has 0 unspecified atom stereocenters. The molecule has 0 saturated heterocycles. The lowest BCUT2D eigenvalue weighted by atomic mass is 10.2. The Bertz CT molecular complexity index is 1020. The number of nitrogens with one attached hydrogen (secondary N) is 1. The summed E-state index contributed by atoms with van der Waals surface area (Å²) in [6.07, 6.45) is 1.54. The van der Waals surface area contributed by atoms with Gasteiger partial charge in [-0.05, 0) is 17.7 Å². The molecule has 1 heterocycles. The number of hydrogen-bond donors (Lipinski definition) is 1. The minimum Gasteiger partial charge on any atom is -0.484 e. The number of nitro groups is 1. The fraction of sp³-hybridized carbons (Fsp3) is 0.111. The van der Waals surface area contributed by atoms with Gasteiger partial charge in [-0.15, -0.1) is 0 Å². The van der Waals surface area contributed by atoms with Gasteiger partial charge in [-0.1, -0.05) is 41.4 Å². The second kappa shape index (κ2) is 8.73. The molecular weight excluding hydrogens is 407 g/mol. The van der Waals surface area contributed by atoms with Gasteiger partial charge in [0.2, 0.25) is 0 Å². The number of halogens is 2.